The lowest BCUT2D eigenvalue weighted by atomic mass is 10.2. The summed E-state index contributed by atoms with van der Waals surface area (Å²) in [6.07, 6.45) is 3.24. The summed E-state index contributed by atoms with van der Waals surface area (Å²) in [5, 5.41) is 2.68. The second-order valence-corrected chi connectivity index (χ2v) is 4.50. The molecule has 0 aliphatic rings. The van der Waals surface area contributed by atoms with Gasteiger partial charge in [-0.3, -0.25) is 13.9 Å². The van der Waals surface area contributed by atoms with E-state index in [4.69, 9.17) is 10.5 Å². The average Bonchev–Trinajstić information content (AvgIpc) is 2.81. The highest BCUT2D eigenvalue weighted by Crippen LogP contribution is 2.23. The van der Waals surface area contributed by atoms with Crippen molar-refractivity contribution in [2.75, 3.05) is 18.2 Å². The van der Waals surface area contributed by atoms with Crippen LogP contribution in [0.1, 0.15) is 6.92 Å². The first-order valence-electron chi connectivity index (χ1n) is 6.54. The standard InChI is InChI=1S/C14H18N4O3/c1-3-17-6-7-18(14(17)20)9-13(19)16-12-5-4-10(21-2)8-11(12)15/h4-8H,3,9,15H2,1-2H3,(H,16,19). The molecular weight excluding hydrogens is 272 g/mol. The Balaban J connectivity index is 2.08. The fraction of sp³-hybridized carbons (Fsp3) is 0.286. The van der Waals surface area contributed by atoms with Crippen molar-refractivity contribution in [3.8, 4) is 5.75 Å². The molecule has 0 saturated heterocycles. The Labute approximate surface area is 121 Å². The van der Waals surface area contributed by atoms with Crippen LogP contribution >= 0.6 is 0 Å². The van der Waals surface area contributed by atoms with E-state index in [1.807, 2.05) is 6.92 Å². The maximum atomic E-state index is 12.0. The number of aryl methyl sites for hydroxylation is 1. The summed E-state index contributed by atoms with van der Waals surface area (Å²) >= 11 is 0. The molecule has 0 spiro atoms. The molecule has 21 heavy (non-hydrogen) atoms. The maximum Gasteiger partial charge on any atom is 0.328 e. The second-order valence-electron chi connectivity index (χ2n) is 4.50. The predicted octanol–water partition coefficient (Wildman–Crippen LogP) is 0.899. The zero-order chi connectivity index (χ0) is 15.4. The minimum Gasteiger partial charge on any atom is -0.497 e. The Morgan fingerprint density at radius 1 is 1.33 bits per heavy atom. The largest absolute Gasteiger partial charge is 0.497 e. The van der Waals surface area contributed by atoms with E-state index in [2.05, 4.69) is 5.32 Å². The van der Waals surface area contributed by atoms with Crippen LogP contribution in [0.25, 0.3) is 0 Å². The molecule has 2 aromatic rings. The number of imidazole rings is 1. The van der Waals surface area contributed by atoms with Crippen molar-refractivity contribution in [2.45, 2.75) is 20.0 Å². The SMILES string of the molecule is CCn1ccn(CC(=O)Nc2ccc(OC)cc2N)c1=O. The van der Waals surface area contributed by atoms with Gasteiger partial charge in [-0.05, 0) is 19.1 Å². The quantitative estimate of drug-likeness (QED) is 0.800. The van der Waals surface area contributed by atoms with Crippen LogP contribution in [-0.2, 0) is 17.9 Å². The first-order valence-corrected chi connectivity index (χ1v) is 6.54. The van der Waals surface area contributed by atoms with Gasteiger partial charge in [0.2, 0.25) is 5.91 Å². The Morgan fingerprint density at radius 3 is 2.62 bits per heavy atom. The summed E-state index contributed by atoms with van der Waals surface area (Å²) in [5.74, 6) is 0.296. The summed E-state index contributed by atoms with van der Waals surface area (Å²) in [6, 6.07) is 4.98. The number of hydrogen-bond donors (Lipinski definition) is 2. The molecule has 0 unspecified atom stereocenters. The molecule has 3 N–H and O–H groups in total. The molecule has 7 nitrogen and oxygen atoms in total. The Hall–Kier alpha value is -2.70. The third-order valence-corrected chi connectivity index (χ3v) is 3.11. The molecule has 1 aromatic heterocycles. The molecule has 0 saturated carbocycles. The van der Waals surface area contributed by atoms with E-state index in [9.17, 15) is 9.59 Å². The number of methoxy groups -OCH3 is 1. The van der Waals surface area contributed by atoms with Crippen LogP contribution < -0.4 is 21.5 Å². The normalized spacial score (nSPS) is 10.4. The van der Waals surface area contributed by atoms with E-state index in [0.29, 0.717) is 23.7 Å². The first kappa shape index (κ1) is 14.7. The Bertz CT molecular complexity index is 702. The Morgan fingerprint density at radius 2 is 2.05 bits per heavy atom. The zero-order valence-electron chi connectivity index (χ0n) is 12.0. The van der Waals surface area contributed by atoms with Crippen LogP contribution in [0.3, 0.4) is 0 Å². The van der Waals surface area contributed by atoms with Gasteiger partial charge < -0.3 is 15.8 Å². The van der Waals surface area contributed by atoms with Crippen LogP contribution in [0.4, 0.5) is 11.4 Å². The van der Waals surface area contributed by atoms with E-state index in [0.717, 1.165) is 0 Å². The summed E-state index contributed by atoms with van der Waals surface area (Å²) in [4.78, 5) is 23.8. The smallest absolute Gasteiger partial charge is 0.328 e. The molecule has 0 aliphatic heterocycles. The van der Waals surface area contributed by atoms with Gasteiger partial charge in [0.15, 0.2) is 0 Å². The number of nitrogens with two attached hydrogens (primary N) is 1. The van der Waals surface area contributed by atoms with E-state index in [1.165, 1.54) is 16.2 Å². The molecule has 0 fully saturated rings. The van der Waals surface area contributed by atoms with Crippen LogP contribution in [0.2, 0.25) is 0 Å². The second kappa shape index (κ2) is 6.17. The number of aromatic nitrogens is 2. The molecule has 2 rings (SSSR count). The van der Waals surface area contributed by atoms with Gasteiger partial charge in [0.25, 0.3) is 0 Å². The van der Waals surface area contributed by atoms with E-state index >= 15 is 0 Å². The van der Waals surface area contributed by atoms with Crippen molar-refractivity contribution in [1.29, 1.82) is 0 Å². The topological polar surface area (TPSA) is 91.3 Å². The van der Waals surface area contributed by atoms with Gasteiger partial charge in [-0.1, -0.05) is 0 Å². The monoisotopic (exact) mass is 290 g/mol. The van der Waals surface area contributed by atoms with Crippen molar-refractivity contribution >= 4 is 17.3 Å². The molecular formula is C14H18N4O3. The van der Waals surface area contributed by atoms with Gasteiger partial charge in [-0.15, -0.1) is 0 Å². The lowest BCUT2D eigenvalue weighted by molar-refractivity contribution is -0.116. The number of rotatable bonds is 5. The Kier molecular flexibility index (Phi) is 4.32. The van der Waals surface area contributed by atoms with E-state index in [1.54, 1.807) is 30.6 Å². The van der Waals surface area contributed by atoms with Gasteiger partial charge >= 0.3 is 5.69 Å². The number of nitrogens with one attached hydrogen (secondary N) is 1. The number of carbonyl (C=O) groups is 1. The molecule has 1 amide bonds. The van der Waals surface area contributed by atoms with Crippen molar-refractivity contribution in [3.63, 3.8) is 0 Å². The van der Waals surface area contributed by atoms with Gasteiger partial charge in [-0.25, -0.2) is 4.79 Å². The van der Waals surface area contributed by atoms with Gasteiger partial charge in [-0.2, -0.15) is 0 Å². The van der Waals surface area contributed by atoms with Gasteiger partial charge in [0.1, 0.15) is 12.3 Å². The fourth-order valence-corrected chi connectivity index (χ4v) is 1.94. The molecule has 1 heterocycles. The highest BCUT2D eigenvalue weighted by molar-refractivity contribution is 5.93. The van der Waals surface area contributed by atoms with Crippen LogP contribution in [0, 0.1) is 0 Å². The average molecular weight is 290 g/mol. The molecule has 0 bridgehead atoms. The van der Waals surface area contributed by atoms with E-state index in [-0.39, 0.29) is 18.1 Å². The maximum absolute atomic E-state index is 12.0. The number of hydrogen-bond acceptors (Lipinski definition) is 4. The van der Waals surface area contributed by atoms with Crippen molar-refractivity contribution in [3.05, 3.63) is 41.1 Å². The number of carbonyl (C=O) groups excluding carboxylic acids is 1. The fourth-order valence-electron chi connectivity index (χ4n) is 1.94. The number of nitrogens with zero attached hydrogens (tertiary/aromatic N) is 2. The molecule has 0 atom stereocenters. The van der Waals surface area contributed by atoms with Crippen LogP contribution in [-0.4, -0.2) is 22.2 Å². The number of anilines is 2. The van der Waals surface area contributed by atoms with Gasteiger partial charge in [0.05, 0.1) is 18.5 Å². The van der Waals surface area contributed by atoms with Crippen LogP contribution in [0.5, 0.6) is 5.75 Å². The third kappa shape index (κ3) is 3.25. The minimum atomic E-state index is -0.317. The molecule has 1 aromatic carbocycles. The number of benzene rings is 1. The first-order chi connectivity index (χ1) is 10.0. The minimum absolute atomic E-state index is 0.0582. The predicted molar refractivity (Wildman–Crippen MR) is 80.4 cm³/mol. The summed E-state index contributed by atoms with van der Waals surface area (Å²) in [5.41, 5.74) is 6.51. The molecule has 0 radical (unpaired) electrons. The number of ether oxygens (including phenoxy) is 1. The summed E-state index contributed by atoms with van der Waals surface area (Å²) in [7, 11) is 1.54. The van der Waals surface area contributed by atoms with Crippen molar-refractivity contribution in [1.82, 2.24) is 9.13 Å². The number of amides is 1. The van der Waals surface area contributed by atoms with Crippen molar-refractivity contribution < 1.29 is 9.53 Å². The third-order valence-electron chi connectivity index (χ3n) is 3.11. The lowest BCUT2D eigenvalue weighted by Gasteiger charge is -2.09. The molecule has 112 valence electrons. The highest BCUT2D eigenvalue weighted by atomic mass is 16.5. The van der Waals surface area contributed by atoms with Gasteiger partial charge in [0, 0.05) is 25.0 Å². The lowest BCUT2D eigenvalue weighted by Crippen LogP contribution is -2.29. The van der Waals surface area contributed by atoms with E-state index < -0.39 is 0 Å². The molecule has 7 heteroatoms. The zero-order valence-corrected chi connectivity index (χ0v) is 12.0. The summed E-state index contributed by atoms with van der Waals surface area (Å²) in [6.45, 7) is 2.38. The van der Waals surface area contributed by atoms with Crippen molar-refractivity contribution in [2.24, 2.45) is 0 Å². The van der Waals surface area contributed by atoms with Crippen LogP contribution in [0.15, 0.2) is 35.4 Å². The molecule has 0 aliphatic carbocycles. The number of nitrogen functional groups attached to an aromatic ring is 1. The highest BCUT2D eigenvalue weighted by Gasteiger charge is 2.09. The summed E-state index contributed by atoms with van der Waals surface area (Å²) < 4.78 is 7.91.